The number of aromatic amines is 1. The van der Waals surface area contributed by atoms with Gasteiger partial charge in [-0.2, -0.15) is 0 Å². The van der Waals surface area contributed by atoms with Crippen LogP contribution in [0.5, 0.6) is 5.75 Å². The number of nitrogens with zero attached hydrogens (tertiary/aromatic N) is 2. The lowest BCUT2D eigenvalue weighted by Gasteiger charge is -2.29. The molecule has 0 aliphatic carbocycles. The molecule has 1 aromatic carbocycles. The van der Waals surface area contributed by atoms with E-state index in [1.165, 1.54) is 0 Å². The number of methoxy groups -OCH3 is 1. The Morgan fingerprint density at radius 2 is 2.10 bits per heavy atom. The van der Waals surface area contributed by atoms with Gasteiger partial charge in [0.25, 0.3) is 0 Å². The maximum absolute atomic E-state index is 12.2. The molecule has 1 saturated heterocycles. The summed E-state index contributed by atoms with van der Waals surface area (Å²) in [6.07, 6.45) is 2.30. The van der Waals surface area contributed by atoms with Gasteiger partial charge < -0.3 is 14.6 Å². The van der Waals surface area contributed by atoms with Crippen molar-refractivity contribution in [3.05, 3.63) is 28.7 Å². The molecule has 2 aromatic rings. The van der Waals surface area contributed by atoms with E-state index in [0.29, 0.717) is 5.92 Å². The van der Waals surface area contributed by atoms with Gasteiger partial charge in [0, 0.05) is 6.54 Å². The lowest BCUT2D eigenvalue weighted by Crippen LogP contribution is -2.33. The number of hydrogen-bond acceptors (Lipinski definition) is 3. The molecular weight excluding hydrogens is 254 g/mol. The summed E-state index contributed by atoms with van der Waals surface area (Å²) in [4.78, 5) is 17.4. The Morgan fingerprint density at radius 1 is 1.35 bits per heavy atom. The fourth-order valence-corrected chi connectivity index (χ4v) is 3.01. The normalized spacial score (nSPS) is 17.7. The molecule has 1 aliphatic rings. The third-order valence-corrected chi connectivity index (χ3v) is 4.27. The molecule has 1 aliphatic heterocycles. The van der Waals surface area contributed by atoms with Crippen LogP contribution in [0.2, 0.25) is 0 Å². The molecule has 1 aromatic heterocycles. The molecule has 0 amide bonds. The summed E-state index contributed by atoms with van der Waals surface area (Å²) in [5, 5.41) is 0. The average Bonchev–Trinajstić information content (AvgIpc) is 2.77. The first-order chi connectivity index (χ1) is 9.69. The molecule has 5 heteroatoms. The molecule has 3 rings (SSSR count). The predicted molar refractivity (Wildman–Crippen MR) is 79.3 cm³/mol. The number of H-pyrrole nitrogens is 1. The van der Waals surface area contributed by atoms with Crippen LogP contribution in [0.3, 0.4) is 0 Å². The van der Waals surface area contributed by atoms with Crippen LogP contribution < -0.4 is 10.4 Å². The van der Waals surface area contributed by atoms with Crippen molar-refractivity contribution in [1.29, 1.82) is 0 Å². The Morgan fingerprint density at radius 3 is 2.80 bits per heavy atom. The molecule has 2 heterocycles. The highest BCUT2D eigenvalue weighted by Gasteiger charge is 2.19. The standard InChI is InChI=1S/C15H21N3O2/c1-17-8-6-11(7-9-17)10-18-12-4-3-5-13(20-2)14(12)16-15(18)19/h3-5,11H,6-10H2,1-2H3,(H,16,19). The zero-order valence-electron chi connectivity index (χ0n) is 12.1. The summed E-state index contributed by atoms with van der Waals surface area (Å²) in [7, 11) is 3.78. The SMILES string of the molecule is COc1cccc2c1[nH]c(=O)n2CC1CCN(C)CC1. The van der Waals surface area contributed by atoms with Crippen LogP contribution >= 0.6 is 0 Å². The molecule has 1 fully saturated rings. The lowest BCUT2D eigenvalue weighted by molar-refractivity contribution is 0.205. The second kappa shape index (κ2) is 5.32. The number of aromatic nitrogens is 2. The summed E-state index contributed by atoms with van der Waals surface area (Å²) in [5.41, 5.74) is 1.70. The van der Waals surface area contributed by atoms with E-state index >= 15 is 0 Å². The lowest BCUT2D eigenvalue weighted by atomic mass is 9.97. The molecule has 0 spiro atoms. The topological polar surface area (TPSA) is 50.3 Å². The third kappa shape index (κ3) is 2.33. The van der Waals surface area contributed by atoms with Gasteiger partial charge in [-0.05, 0) is 51.0 Å². The quantitative estimate of drug-likeness (QED) is 0.927. The Bertz CT molecular complexity index is 651. The summed E-state index contributed by atoms with van der Waals surface area (Å²) in [5.74, 6) is 1.30. The Balaban J connectivity index is 1.92. The van der Waals surface area contributed by atoms with Gasteiger partial charge in [-0.15, -0.1) is 0 Å². The average molecular weight is 275 g/mol. The van der Waals surface area contributed by atoms with Crippen LogP contribution in [0.25, 0.3) is 11.0 Å². The Hall–Kier alpha value is -1.75. The number of imidazole rings is 1. The van der Waals surface area contributed by atoms with Gasteiger partial charge in [0.15, 0.2) is 0 Å². The van der Waals surface area contributed by atoms with Gasteiger partial charge in [0.1, 0.15) is 11.3 Å². The minimum Gasteiger partial charge on any atom is -0.494 e. The molecule has 0 bridgehead atoms. The van der Waals surface area contributed by atoms with E-state index in [0.717, 1.165) is 49.3 Å². The maximum atomic E-state index is 12.2. The molecule has 1 N–H and O–H groups in total. The fourth-order valence-electron chi connectivity index (χ4n) is 3.01. The van der Waals surface area contributed by atoms with E-state index in [2.05, 4.69) is 16.9 Å². The van der Waals surface area contributed by atoms with Crippen LogP contribution in [0.4, 0.5) is 0 Å². The number of likely N-dealkylation sites (tertiary alicyclic amines) is 1. The van der Waals surface area contributed by atoms with Crippen LogP contribution in [0, 0.1) is 5.92 Å². The van der Waals surface area contributed by atoms with E-state index in [1.807, 2.05) is 22.8 Å². The molecule has 0 radical (unpaired) electrons. The molecule has 0 saturated carbocycles. The van der Waals surface area contributed by atoms with Crippen LogP contribution in [-0.4, -0.2) is 41.7 Å². The smallest absolute Gasteiger partial charge is 0.326 e. The van der Waals surface area contributed by atoms with Crippen molar-refractivity contribution in [2.24, 2.45) is 5.92 Å². The highest BCUT2D eigenvalue weighted by atomic mass is 16.5. The fraction of sp³-hybridized carbons (Fsp3) is 0.533. The van der Waals surface area contributed by atoms with E-state index < -0.39 is 0 Å². The summed E-state index contributed by atoms with van der Waals surface area (Å²) < 4.78 is 7.16. The number of hydrogen-bond donors (Lipinski definition) is 1. The first kappa shape index (κ1) is 13.2. The minimum atomic E-state index is -0.0385. The van der Waals surface area contributed by atoms with Crippen molar-refractivity contribution in [2.45, 2.75) is 19.4 Å². The maximum Gasteiger partial charge on any atom is 0.326 e. The van der Waals surface area contributed by atoms with E-state index in [9.17, 15) is 4.79 Å². The number of rotatable bonds is 3. The molecule has 108 valence electrons. The highest BCUT2D eigenvalue weighted by Crippen LogP contribution is 2.24. The molecule has 20 heavy (non-hydrogen) atoms. The van der Waals surface area contributed by atoms with Crippen LogP contribution in [0.1, 0.15) is 12.8 Å². The number of piperidine rings is 1. The van der Waals surface area contributed by atoms with Gasteiger partial charge in [0.2, 0.25) is 0 Å². The van der Waals surface area contributed by atoms with Gasteiger partial charge >= 0.3 is 5.69 Å². The Labute approximate surface area is 118 Å². The second-order valence-corrected chi connectivity index (χ2v) is 5.64. The molecule has 0 unspecified atom stereocenters. The number of nitrogens with one attached hydrogen (secondary N) is 1. The van der Waals surface area contributed by atoms with Crippen LogP contribution in [-0.2, 0) is 6.54 Å². The van der Waals surface area contributed by atoms with Crippen molar-refractivity contribution < 1.29 is 4.74 Å². The minimum absolute atomic E-state index is 0.0385. The summed E-state index contributed by atoms with van der Waals surface area (Å²) >= 11 is 0. The van der Waals surface area contributed by atoms with Crippen LogP contribution in [0.15, 0.2) is 23.0 Å². The Kier molecular flexibility index (Phi) is 3.53. The van der Waals surface area contributed by atoms with Crippen molar-refractivity contribution in [2.75, 3.05) is 27.2 Å². The van der Waals surface area contributed by atoms with Crippen molar-refractivity contribution in [3.8, 4) is 5.75 Å². The van der Waals surface area contributed by atoms with Gasteiger partial charge in [-0.25, -0.2) is 4.79 Å². The first-order valence-electron chi connectivity index (χ1n) is 7.13. The third-order valence-electron chi connectivity index (χ3n) is 4.27. The number of fused-ring (bicyclic) bond motifs is 1. The predicted octanol–water partition coefficient (Wildman–Crippen LogP) is 1.68. The molecular formula is C15H21N3O2. The van der Waals surface area contributed by atoms with Gasteiger partial charge in [0.05, 0.1) is 12.6 Å². The van der Waals surface area contributed by atoms with E-state index in [1.54, 1.807) is 7.11 Å². The number of ether oxygens (including phenoxy) is 1. The summed E-state index contributed by atoms with van der Waals surface area (Å²) in [6, 6.07) is 5.78. The van der Waals surface area contributed by atoms with Crippen molar-refractivity contribution in [1.82, 2.24) is 14.5 Å². The highest BCUT2D eigenvalue weighted by molar-refractivity contribution is 5.81. The molecule has 0 atom stereocenters. The second-order valence-electron chi connectivity index (χ2n) is 5.64. The van der Waals surface area contributed by atoms with E-state index in [4.69, 9.17) is 4.74 Å². The zero-order chi connectivity index (χ0) is 14.1. The van der Waals surface area contributed by atoms with Crippen molar-refractivity contribution >= 4 is 11.0 Å². The first-order valence-corrected chi connectivity index (χ1v) is 7.13. The zero-order valence-corrected chi connectivity index (χ0v) is 12.1. The number of para-hydroxylation sites is 1. The number of benzene rings is 1. The van der Waals surface area contributed by atoms with Gasteiger partial charge in [-0.1, -0.05) is 6.07 Å². The van der Waals surface area contributed by atoms with E-state index in [-0.39, 0.29) is 5.69 Å². The summed E-state index contributed by atoms with van der Waals surface area (Å²) in [6.45, 7) is 3.02. The van der Waals surface area contributed by atoms with Gasteiger partial charge in [-0.3, -0.25) is 4.57 Å². The largest absolute Gasteiger partial charge is 0.494 e. The monoisotopic (exact) mass is 275 g/mol. The molecule has 5 nitrogen and oxygen atoms in total. The van der Waals surface area contributed by atoms with Crippen molar-refractivity contribution in [3.63, 3.8) is 0 Å².